The number of fused-ring (bicyclic) bond motifs is 1. The molecule has 0 aliphatic carbocycles. The van der Waals surface area contributed by atoms with Crippen LogP contribution in [-0.2, 0) is 17.5 Å². The second-order valence-corrected chi connectivity index (χ2v) is 7.70. The van der Waals surface area contributed by atoms with E-state index < -0.39 is 42.5 Å². The highest BCUT2D eigenvalue weighted by molar-refractivity contribution is 5.96. The Hall–Kier alpha value is -4.39. The van der Waals surface area contributed by atoms with Gasteiger partial charge in [-0.25, -0.2) is 13.9 Å². The fraction of sp³-hybridized carbons (Fsp3) is 0.174. The lowest BCUT2D eigenvalue weighted by Gasteiger charge is -2.12. The minimum absolute atomic E-state index is 0.128. The number of nitrogens with one attached hydrogen (secondary N) is 2. The van der Waals surface area contributed by atoms with Gasteiger partial charge < -0.3 is 15.7 Å². The molecule has 0 saturated heterocycles. The van der Waals surface area contributed by atoms with Crippen molar-refractivity contribution in [2.24, 2.45) is 0 Å². The number of nitrogens with zero attached hydrogens (tertiary/aromatic N) is 4. The third-order valence-corrected chi connectivity index (χ3v) is 5.17. The Bertz CT molecular complexity index is 1470. The highest BCUT2D eigenvalue weighted by atomic mass is 19.4. The van der Waals surface area contributed by atoms with E-state index >= 15 is 0 Å². The molecular formula is C23H18F4N6O3. The Kier molecular flexibility index (Phi) is 6.66. The second kappa shape index (κ2) is 9.70. The fourth-order valence-corrected chi connectivity index (χ4v) is 3.34. The fourth-order valence-electron chi connectivity index (χ4n) is 3.34. The smallest absolute Gasteiger partial charge is 0.387 e. The number of aliphatic hydroxyl groups excluding tert-OH is 1. The molecule has 0 atom stereocenters. The Labute approximate surface area is 200 Å². The van der Waals surface area contributed by atoms with E-state index in [1.807, 2.05) is 0 Å². The van der Waals surface area contributed by atoms with Crippen LogP contribution in [0.1, 0.15) is 27.2 Å². The molecular weight excluding hydrogens is 484 g/mol. The minimum Gasteiger partial charge on any atom is -0.387 e. The number of aromatic nitrogens is 4. The van der Waals surface area contributed by atoms with Crippen LogP contribution < -0.4 is 10.6 Å². The maximum absolute atomic E-state index is 14.0. The third kappa shape index (κ3) is 5.30. The van der Waals surface area contributed by atoms with E-state index in [0.717, 1.165) is 0 Å². The Morgan fingerprint density at radius 1 is 1.14 bits per heavy atom. The first-order valence-electron chi connectivity index (χ1n) is 10.4. The van der Waals surface area contributed by atoms with Crippen molar-refractivity contribution in [3.63, 3.8) is 0 Å². The van der Waals surface area contributed by atoms with Crippen LogP contribution in [-0.4, -0.2) is 43.1 Å². The Morgan fingerprint density at radius 2 is 1.92 bits per heavy atom. The minimum atomic E-state index is -4.64. The number of carbonyl (C=O) groups excluding carboxylic acids is 2. The lowest BCUT2D eigenvalue weighted by Crippen LogP contribution is -2.25. The zero-order valence-corrected chi connectivity index (χ0v) is 18.6. The van der Waals surface area contributed by atoms with Gasteiger partial charge in [-0.1, -0.05) is 0 Å². The molecule has 0 saturated carbocycles. The number of rotatable bonds is 6. The number of aliphatic hydroxyl groups is 1. The van der Waals surface area contributed by atoms with Gasteiger partial charge in [-0.15, -0.1) is 0 Å². The average Bonchev–Trinajstić information content (AvgIpc) is 3.24. The molecule has 3 heterocycles. The average molecular weight is 502 g/mol. The number of pyridine rings is 1. The lowest BCUT2D eigenvalue weighted by atomic mass is 10.1. The van der Waals surface area contributed by atoms with Crippen LogP contribution in [0, 0.1) is 12.7 Å². The Balaban J connectivity index is 1.56. The van der Waals surface area contributed by atoms with Gasteiger partial charge in [0.25, 0.3) is 11.8 Å². The molecule has 13 heteroatoms. The lowest BCUT2D eigenvalue weighted by molar-refractivity contribution is -0.137. The molecule has 4 aromatic rings. The molecule has 36 heavy (non-hydrogen) atoms. The molecule has 0 bridgehead atoms. The third-order valence-electron chi connectivity index (χ3n) is 5.17. The van der Waals surface area contributed by atoms with Gasteiger partial charge in [0, 0.05) is 23.9 Å². The summed E-state index contributed by atoms with van der Waals surface area (Å²) in [5.41, 5.74) is 0.414. The monoisotopic (exact) mass is 502 g/mol. The quantitative estimate of drug-likeness (QED) is 0.349. The van der Waals surface area contributed by atoms with E-state index in [1.54, 1.807) is 19.1 Å². The van der Waals surface area contributed by atoms with Gasteiger partial charge in [-0.05, 0) is 43.3 Å². The predicted molar refractivity (Wildman–Crippen MR) is 119 cm³/mol. The molecule has 1 aromatic carbocycles. The summed E-state index contributed by atoms with van der Waals surface area (Å²) in [4.78, 5) is 32.5. The van der Waals surface area contributed by atoms with Crippen molar-refractivity contribution in [1.29, 1.82) is 0 Å². The molecule has 0 radical (unpaired) electrons. The molecule has 0 unspecified atom stereocenters. The van der Waals surface area contributed by atoms with Crippen molar-refractivity contribution < 1.29 is 32.3 Å². The van der Waals surface area contributed by atoms with Crippen LogP contribution in [0.2, 0.25) is 0 Å². The van der Waals surface area contributed by atoms with Crippen molar-refractivity contribution >= 4 is 23.3 Å². The summed E-state index contributed by atoms with van der Waals surface area (Å²) in [6.45, 7) is 0.416. The summed E-state index contributed by atoms with van der Waals surface area (Å²) in [6.07, 6.45) is -1.72. The van der Waals surface area contributed by atoms with Gasteiger partial charge in [-0.3, -0.25) is 14.6 Å². The van der Waals surface area contributed by atoms with E-state index in [1.165, 1.54) is 23.0 Å². The van der Waals surface area contributed by atoms with Crippen molar-refractivity contribution in [1.82, 2.24) is 24.9 Å². The van der Waals surface area contributed by atoms with Crippen molar-refractivity contribution in [2.45, 2.75) is 19.6 Å². The van der Waals surface area contributed by atoms with Crippen LogP contribution in [0.5, 0.6) is 0 Å². The molecule has 9 nitrogen and oxygen atoms in total. The van der Waals surface area contributed by atoms with Crippen LogP contribution in [0.4, 0.5) is 23.4 Å². The number of anilines is 1. The van der Waals surface area contributed by atoms with Crippen LogP contribution in [0.3, 0.4) is 0 Å². The standard InChI is InChI=1S/C23H18F4N6O3/c1-12-16(22(36)29-8-13-6-15(23(25,26)27)2-3-17(13)24)7-14(9-28-12)18-4-5-20-30-19(10-33(20)32-18)31-21(35)11-34/h2-7,9-10,34H,8,11H2,1H3,(H,29,36)(H,31,35). The number of benzene rings is 1. The first-order chi connectivity index (χ1) is 17.0. The van der Waals surface area contributed by atoms with E-state index in [9.17, 15) is 27.2 Å². The number of carbonyl (C=O) groups is 2. The summed E-state index contributed by atoms with van der Waals surface area (Å²) in [7, 11) is 0. The van der Waals surface area contributed by atoms with Gasteiger partial charge in [0.15, 0.2) is 11.5 Å². The van der Waals surface area contributed by atoms with Crippen molar-refractivity contribution in [2.75, 3.05) is 11.9 Å². The van der Waals surface area contributed by atoms with Gasteiger partial charge in [0.1, 0.15) is 12.4 Å². The van der Waals surface area contributed by atoms with E-state index in [4.69, 9.17) is 5.11 Å². The molecule has 2 amide bonds. The number of halogens is 4. The van der Waals surface area contributed by atoms with Gasteiger partial charge in [0.2, 0.25) is 0 Å². The van der Waals surface area contributed by atoms with Crippen LogP contribution in [0.25, 0.3) is 16.9 Å². The van der Waals surface area contributed by atoms with Crippen molar-refractivity contribution in [3.05, 3.63) is 77.0 Å². The summed E-state index contributed by atoms with van der Waals surface area (Å²) in [6, 6.07) is 6.72. The van der Waals surface area contributed by atoms with Crippen molar-refractivity contribution in [3.8, 4) is 11.3 Å². The number of alkyl halides is 3. The van der Waals surface area contributed by atoms with Crippen LogP contribution >= 0.6 is 0 Å². The SMILES string of the molecule is Cc1ncc(-c2ccc3nc(NC(=O)CO)cn3n2)cc1C(=O)NCc1cc(C(F)(F)F)ccc1F. The normalized spacial score (nSPS) is 11.5. The first kappa shape index (κ1) is 24.7. The molecule has 3 aromatic heterocycles. The maximum atomic E-state index is 14.0. The predicted octanol–water partition coefficient (Wildman–Crippen LogP) is 3.12. The van der Waals surface area contributed by atoms with E-state index in [-0.39, 0.29) is 16.9 Å². The van der Waals surface area contributed by atoms with Gasteiger partial charge in [-0.2, -0.15) is 18.3 Å². The van der Waals surface area contributed by atoms with E-state index in [0.29, 0.717) is 40.8 Å². The zero-order valence-electron chi connectivity index (χ0n) is 18.6. The second-order valence-electron chi connectivity index (χ2n) is 7.70. The number of hydrogen-bond acceptors (Lipinski definition) is 6. The summed E-state index contributed by atoms with van der Waals surface area (Å²) < 4.78 is 54.2. The first-order valence-corrected chi connectivity index (χ1v) is 10.4. The molecule has 3 N–H and O–H groups in total. The number of imidazole rings is 1. The summed E-state index contributed by atoms with van der Waals surface area (Å²) in [5, 5.41) is 18.1. The highest BCUT2D eigenvalue weighted by Crippen LogP contribution is 2.30. The number of amides is 2. The maximum Gasteiger partial charge on any atom is 0.416 e. The molecule has 4 rings (SSSR count). The Morgan fingerprint density at radius 3 is 2.64 bits per heavy atom. The van der Waals surface area contributed by atoms with E-state index in [2.05, 4.69) is 25.7 Å². The summed E-state index contributed by atoms with van der Waals surface area (Å²) >= 11 is 0. The van der Waals surface area contributed by atoms with Gasteiger partial charge in [0.05, 0.1) is 28.7 Å². The highest BCUT2D eigenvalue weighted by Gasteiger charge is 2.31. The number of aryl methyl sites for hydroxylation is 1. The largest absolute Gasteiger partial charge is 0.416 e. The molecule has 186 valence electrons. The molecule has 0 aliphatic rings. The number of hydrogen-bond donors (Lipinski definition) is 3. The van der Waals surface area contributed by atoms with Crippen LogP contribution in [0.15, 0.2) is 48.8 Å². The molecule has 0 spiro atoms. The molecule has 0 fully saturated rings. The summed E-state index contributed by atoms with van der Waals surface area (Å²) in [5.74, 6) is -1.99. The molecule has 0 aliphatic heterocycles. The zero-order chi connectivity index (χ0) is 26.0. The topological polar surface area (TPSA) is 122 Å². The van der Waals surface area contributed by atoms with Gasteiger partial charge >= 0.3 is 6.18 Å².